The third-order valence-electron chi connectivity index (χ3n) is 2.55. The summed E-state index contributed by atoms with van der Waals surface area (Å²) in [6.45, 7) is 13.6. The van der Waals surface area contributed by atoms with Gasteiger partial charge in [0.05, 0.1) is 0 Å². The van der Waals surface area contributed by atoms with Crippen LogP contribution in [0.5, 0.6) is 0 Å². The van der Waals surface area contributed by atoms with E-state index in [2.05, 4.69) is 65.8 Å². The molecule has 0 heteroatoms. The zero-order valence-electron chi connectivity index (χ0n) is 11.0. The lowest BCUT2D eigenvalue weighted by Crippen LogP contribution is -2.12. The molecular weight excluding hydrogens is 192 g/mol. The minimum atomic E-state index is 0. The predicted molar refractivity (Wildman–Crippen MR) is 75.0 cm³/mol. The van der Waals surface area contributed by atoms with Crippen molar-refractivity contribution in [3.8, 4) is 0 Å². The third-order valence-corrected chi connectivity index (χ3v) is 2.55. The molecule has 1 aromatic rings. The molecule has 0 aliphatic heterocycles. The Morgan fingerprint density at radius 2 is 1.25 bits per heavy atom. The van der Waals surface area contributed by atoms with E-state index < -0.39 is 0 Å². The lowest BCUT2D eigenvalue weighted by molar-refractivity contribution is 0.411. The maximum absolute atomic E-state index is 2.28. The van der Waals surface area contributed by atoms with Gasteiger partial charge in [0.1, 0.15) is 0 Å². The Bertz CT molecular complexity index is 303. The Morgan fingerprint density at radius 1 is 0.812 bits per heavy atom. The molecule has 0 amide bonds. The maximum atomic E-state index is 2.28. The molecule has 1 rings (SSSR count). The van der Waals surface area contributed by atoms with Crippen LogP contribution >= 0.6 is 0 Å². The molecular formula is C16H28. The second-order valence-corrected chi connectivity index (χ2v) is 6.68. The second-order valence-electron chi connectivity index (χ2n) is 6.68. The molecule has 16 heavy (non-hydrogen) atoms. The van der Waals surface area contributed by atoms with Gasteiger partial charge < -0.3 is 0 Å². The highest BCUT2D eigenvalue weighted by Gasteiger charge is 2.14. The first-order chi connectivity index (χ1) is 6.68. The summed E-state index contributed by atoms with van der Waals surface area (Å²) < 4.78 is 0. The van der Waals surface area contributed by atoms with Gasteiger partial charge in [-0.2, -0.15) is 0 Å². The molecule has 0 fully saturated rings. The molecule has 0 aromatic heterocycles. The lowest BCUT2D eigenvalue weighted by Gasteiger charge is -2.21. The summed E-state index contributed by atoms with van der Waals surface area (Å²) in [4.78, 5) is 0. The number of rotatable bonds is 1. The van der Waals surface area contributed by atoms with Crippen LogP contribution in [0.4, 0.5) is 0 Å². The summed E-state index contributed by atoms with van der Waals surface area (Å²) in [6, 6.07) is 9.07. The second kappa shape index (κ2) is 5.03. The average Bonchev–Trinajstić information content (AvgIpc) is 2.00. The Morgan fingerprint density at radius 3 is 1.56 bits per heavy atom. The molecule has 0 saturated heterocycles. The molecule has 0 aliphatic carbocycles. The van der Waals surface area contributed by atoms with Gasteiger partial charge in [0.2, 0.25) is 0 Å². The Labute approximate surface area is 102 Å². The SMILES string of the molecule is C.CC(C)(C)Cc1ccc(C(C)(C)C)cc1. The lowest BCUT2D eigenvalue weighted by atomic mass is 9.84. The quantitative estimate of drug-likeness (QED) is 0.609. The normalized spacial score (nSPS) is 12.1. The molecule has 0 heterocycles. The van der Waals surface area contributed by atoms with Gasteiger partial charge in [-0.05, 0) is 28.4 Å². The molecule has 0 N–H and O–H groups in total. The summed E-state index contributed by atoms with van der Waals surface area (Å²) >= 11 is 0. The standard InChI is InChI=1S/C15H24.CH4/c1-14(2,3)11-12-7-9-13(10-8-12)15(4,5)6;/h7-10H,11H2,1-6H3;1H4. The summed E-state index contributed by atoms with van der Waals surface area (Å²) in [6.07, 6.45) is 1.15. The Hall–Kier alpha value is -0.780. The van der Waals surface area contributed by atoms with Crippen LogP contribution in [0.25, 0.3) is 0 Å². The van der Waals surface area contributed by atoms with E-state index in [9.17, 15) is 0 Å². The van der Waals surface area contributed by atoms with Gasteiger partial charge in [-0.3, -0.25) is 0 Å². The molecule has 0 aliphatic rings. The van der Waals surface area contributed by atoms with Crippen LogP contribution in [-0.2, 0) is 11.8 Å². The smallest absolute Gasteiger partial charge is 0.0132 e. The van der Waals surface area contributed by atoms with Crippen molar-refractivity contribution in [3.63, 3.8) is 0 Å². The summed E-state index contributed by atoms with van der Waals surface area (Å²) in [5.74, 6) is 0. The molecule has 92 valence electrons. The first-order valence-corrected chi connectivity index (χ1v) is 5.78. The molecule has 0 bridgehead atoms. The van der Waals surface area contributed by atoms with Crippen LogP contribution < -0.4 is 0 Å². The van der Waals surface area contributed by atoms with Gasteiger partial charge in [0.25, 0.3) is 0 Å². The topological polar surface area (TPSA) is 0 Å². The highest BCUT2D eigenvalue weighted by molar-refractivity contribution is 5.27. The molecule has 0 atom stereocenters. The van der Waals surface area contributed by atoms with Crippen molar-refractivity contribution in [1.82, 2.24) is 0 Å². The van der Waals surface area contributed by atoms with Gasteiger partial charge >= 0.3 is 0 Å². The van der Waals surface area contributed by atoms with E-state index in [-0.39, 0.29) is 12.8 Å². The fraction of sp³-hybridized carbons (Fsp3) is 0.625. The number of benzene rings is 1. The van der Waals surface area contributed by atoms with Crippen LogP contribution in [0.2, 0.25) is 0 Å². The van der Waals surface area contributed by atoms with Gasteiger partial charge in [0, 0.05) is 0 Å². The predicted octanol–water partition coefficient (Wildman–Crippen LogP) is 5.21. The highest BCUT2D eigenvalue weighted by atomic mass is 14.2. The van der Waals surface area contributed by atoms with E-state index in [1.54, 1.807) is 0 Å². The largest absolute Gasteiger partial charge is 0.0776 e. The Kier molecular flexibility index (Phi) is 4.79. The summed E-state index contributed by atoms with van der Waals surface area (Å²) in [5, 5.41) is 0. The van der Waals surface area contributed by atoms with Crippen molar-refractivity contribution in [1.29, 1.82) is 0 Å². The molecule has 0 nitrogen and oxygen atoms in total. The van der Waals surface area contributed by atoms with Crippen LogP contribution in [0.15, 0.2) is 24.3 Å². The Balaban J connectivity index is 0.00000225. The molecule has 0 radical (unpaired) electrons. The van der Waals surface area contributed by atoms with Gasteiger partial charge in [-0.25, -0.2) is 0 Å². The first-order valence-electron chi connectivity index (χ1n) is 5.78. The van der Waals surface area contributed by atoms with Crippen molar-refractivity contribution < 1.29 is 0 Å². The first kappa shape index (κ1) is 15.2. The molecule has 1 aromatic carbocycles. The fourth-order valence-corrected chi connectivity index (χ4v) is 1.73. The van der Waals surface area contributed by atoms with E-state index in [1.807, 2.05) is 0 Å². The minimum absolute atomic E-state index is 0. The fourth-order valence-electron chi connectivity index (χ4n) is 1.73. The van der Waals surface area contributed by atoms with Crippen molar-refractivity contribution >= 4 is 0 Å². The monoisotopic (exact) mass is 220 g/mol. The van der Waals surface area contributed by atoms with Crippen molar-refractivity contribution in [3.05, 3.63) is 35.4 Å². The van der Waals surface area contributed by atoms with Crippen molar-refractivity contribution in [2.75, 3.05) is 0 Å². The zero-order chi connectivity index (χ0) is 11.7. The van der Waals surface area contributed by atoms with E-state index in [4.69, 9.17) is 0 Å². The minimum Gasteiger partial charge on any atom is -0.0776 e. The summed E-state index contributed by atoms with van der Waals surface area (Å²) in [5.41, 5.74) is 3.50. The van der Waals surface area contributed by atoms with E-state index >= 15 is 0 Å². The zero-order valence-corrected chi connectivity index (χ0v) is 11.0. The van der Waals surface area contributed by atoms with Crippen molar-refractivity contribution in [2.24, 2.45) is 5.41 Å². The van der Waals surface area contributed by atoms with Gasteiger partial charge in [-0.1, -0.05) is 73.2 Å². The van der Waals surface area contributed by atoms with Gasteiger partial charge in [-0.15, -0.1) is 0 Å². The molecule has 0 spiro atoms. The van der Waals surface area contributed by atoms with E-state index in [0.717, 1.165) is 6.42 Å². The number of hydrogen-bond donors (Lipinski definition) is 0. The van der Waals surface area contributed by atoms with Crippen molar-refractivity contribution in [2.45, 2.75) is 60.8 Å². The van der Waals surface area contributed by atoms with Crippen LogP contribution in [0.1, 0.15) is 60.1 Å². The summed E-state index contributed by atoms with van der Waals surface area (Å²) in [7, 11) is 0. The highest BCUT2D eigenvalue weighted by Crippen LogP contribution is 2.25. The van der Waals surface area contributed by atoms with Crippen LogP contribution in [-0.4, -0.2) is 0 Å². The number of hydrogen-bond acceptors (Lipinski definition) is 0. The molecule has 0 saturated carbocycles. The third kappa shape index (κ3) is 4.83. The van der Waals surface area contributed by atoms with Crippen LogP contribution in [0, 0.1) is 5.41 Å². The molecule has 0 unspecified atom stereocenters. The van der Waals surface area contributed by atoms with E-state index in [1.165, 1.54) is 11.1 Å². The van der Waals surface area contributed by atoms with Gasteiger partial charge in [0.15, 0.2) is 0 Å². The maximum Gasteiger partial charge on any atom is -0.0132 e. The van der Waals surface area contributed by atoms with Crippen LogP contribution in [0.3, 0.4) is 0 Å². The average molecular weight is 220 g/mol. The van der Waals surface area contributed by atoms with E-state index in [0.29, 0.717) is 5.41 Å².